The number of hydrogen-bond donors (Lipinski definition) is 9. The van der Waals surface area contributed by atoms with Crippen LogP contribution in [-0.2, 0) is 27.5 Å². The Hall–Kier alpha value is -6.17. The molecule has 0 saturated carbocycles. The fourth-order valence-electron chi connectivity index (χ4n) is 5.11. The minimum Gasteiger partial charge on any atom is -0.475 e. The number of halogens is 3. The fraction of sp³-hybridized carbons (Fsp3) is 0.368. The van der Waals surface area contributed by atoms with E-state index in [1.165, 1.54) is 0 Å². The van der Waals surface area contributed by atoms with E-state index in [2.05, 4.69) is 31.6 Å². The Kier molecular flexibility index (Phi) is 20.5. The number of carboxylic acid groups (broad SMARTS) is 1. The average Bonchev–Trinajstić information content (AvgIpc) is 3.16. The van der Waals surface area contributed by atoms with Crippen LogP contribution < -0.4 is 43.8 Å². The van der Waals surface area contributed by atoms with Crippen LogP contribution in [-0.4, -0.2) is 72.8 Å². The number of aliphatic carboxylic acids is 1. The number of unbranched alkanes of at least 4 members (excludes halogenated alkanes) is 3. The first kappa shape index (κ1) is 46.0. The summed E-state index contributed by atoms with van der Waals surface area (Å²) in [6, 6.07) is 24.2. The van der Waals surface area contributed by atoms with Gasteiger partial charge < -0.3 is 43.6 Å². The van der Waals surface area contributed by atoms with Crippen molar-refractivity contribution in [2.45, 2.75) is 69.8 Å². The molecule has 56 heavy (non-hydrogen) atoms. The number of carbonyl (C=O) groups excluding carboxylic acids is 4. The number of nitrogens with two attached hydrogens (primary N) is 3. The van der Waals surface area contributed by atoms with Gasteiger partial charge >= 0.3 is 24.2 Å². The molecule has 0 unspecified atom stereocenters. The average molecular weight is 786 g/mol. The maximum Gasteiger partial charge on any atom is 0.490 e. The SMILES string of the molecule is NCCCCCCNC(=O)NC(N)=NCCC[C@@H](NC(=O)C(c1ccccc1)c1ccccc1)C(=O)NCc1ccc(CNC(N)=O)cc1.O=C(O)C(F)(F)F. The monoisotopic (exact) mass is 785 g/mol. The number of nitrogens with zero attached hydrogens (tertiary/aromatic N) is 1. The number of carboxylic acids is 1. The van der Waals surface area contributed by atoms with E-state index in [9.17, 15) is 32.3 Å². The predicted molar refractivity (Wildman–Crippen MR) is 205 cm³/mol. The Balaban J connectivity index is 0.00000141. The number of guanidine groups is 1. The molecule has 0 heterocycles. The normalized spacial score (nSPS) is 11.7. The summed E-state index contributed by atoms with van der Waals surface area (Å²) in [5, 5.41) is 20.8. The van der Waals surface area contributed by atoms with Crippen molar-refractivity contribution in [3.8, 4) is 0 Å². The molecule has 0 aromatic heterocycles. The highest BCUT2D eigenvalue weighted by atomic mass is 19.4. The third kappa shape index (κ3) is 18.7. The molecule has 6 amide bonds. The fourth-order valence-corrected chi connectivity index (χ4v) is 5.11. The van der Waals surface area contributed by atoms with E-state index in [0.29, 0.717) is 26.1 Å². The number of primary amides is 1. The highest BCUT2D eigenvalue weighted by molar-refractivity contribution is 5.95. The number of rotatable bonds is 19. The van der Waals surface area contributed by atoms with Crippen molar-refractivity contribution in [3.05, 3.63) is 107 Å². The van der Waals surface area contributed by atoms with E-state index in [0.717, 1.165) is 47.9 Å². The molecule has 304 valence electrons. The Labute approximate surface area is 323 Å². The second-order valence-corrected chi connectivity index (χ2v) is 12.4. The van der Waals surface area contributed by atoms with Gasteiger partial charge in [-0.3, -0.25) is 19.9 Å². The van der Waals surface area contributed by atoms with Gasteiger partial charge in [-0.2, -0.15) is 13.2 Å². The lowest BCUT2D eigenvalue weighted by Gasteiger charge is -2.23. The summed E-state index contributed by atoms with van der Waals surface area (Å²) in [4.78, 5) is 63.7. The van der Waals surface area contributed by atoms with Crippen LogP contribution in [0.3, 0.4) is 0 Å². The molecular formula is C38H50F3N9O6. The predicted octanol–water partition coefficient (Wildman–Crippen LogP) is 3.33. The van der Waals surface area contributed by atoms with Gasteiger partial charge in [-0.05, 0) is 54.5 Å². The molecule has 0 saturated heterocycles. The smallest absolute Gasteiger partial charge is 0.475 e. The third-order valence-corrected chi connectivity index (χ3v) is 7.95. The summed E-state index contributed by atoms with van der Waals surface area (Å²) < 4.78 is 31.7. The van der Waals surface area contributed by atoms with Crippen molar-refractivity contribution < 1.29 is 42.3 Å². The van der Waals surface area contributed by atoms with Crippen molar-refractivity contribution in [1.29, 1.82) is 0 Å². The topological polar surface area (TPSA) is 256 Å². The largest absolute Gasteiger partial charge is 0.490 e. The Morgan fingerprint density at radius 2 is 1.21 bits per heavy atom. The number of nitrogens with one attached hydrogen (secondary N) is 5. The van der Waals surface area contributed by atoms with Crippen LogP contribution in [0.5, 0.6) is 0 Å². The highest BCUT2D eigenvalue weighted by Gasteiger charge is 2.38. The molecule has 0 bridgehead atoms. The molecule has 3 aromatic carbocycles. The van der Waals surface area contributed by atoms with E-state index in [1.807, 2.05) is 84.9 Å². The first-order chi connectivity index (χ1) is 26.7. The summed E-state index contributed by atoms with van der Waals surface area (Å²) in [5.74, 6) is -4.08. The summed E-state index contributed by atoms with van der Waals surface area (Å²) >= 11 is 0. The zero-order valence-electron chi connectivity index (χ0n) is 30.8. The van der Waals surface area contributed by atoms with Gasteiger partial charge in [0.2, 0.25) is 11.8 Å². The number of aliphatic imine (C=N–C) groups is 1. The maximum absolute atomic E-state index is 13.9. The van der Waals surface area contributed by atoms with Crippen molar-refractivity contribution in [2.24, 2.45) is 22.2 Å². The first-order valence-electron chi connectivity index (χ1n) is 17.8. The minimum absolute atomic E-state index is 0.0339. The number of amides is 6. The number of carbonyl (C=O) groups is 5. The van der Waals surface area contributed by atoms with Gasteiger partial charge in [0, 0.05) is 26.2 Å². The van der Waals surface area contributed by atoms with Crippen LogP contribution in [0, 0.1) is 0 Å². The van der Waals surface area contributed by atoms with Gasteiger partial charge in [-0.25, -0.2) is 14.4 Å². The molecule has 0 aliphatic heterocycles. The van der Waals surface area contributed by atoms with E-state index in [-0.39, 0.29) is 37.3 Å². The molecule has 3 aromatic rings. The van der Waals surface area contributed by atoms with Crippen LogP contribution in [0.2, 0.25) is 0 Å². The Morgan fingerprint density at radius 1 is 0.696 bits per heavy atom. The minimum atomic E-state index is -5.08. The van der Waals surface area contributed by atoms with E-state index in [4.69, 9.17) is 27.1 Å². The van der Waals surface area contributed by atoms with Crippen LogP contribution >= 0.6 is 0 Å². The summed E-state index contributed by atoms with van der Waals surface area (Å²) in [6.07, 6.45) is -0.594. The highest BCUT2D eigenvalue weighted by Crippen LogP contribution is 2.25. The van der Waals surface area contributed by atoms with E-state index < -0.39 is 36.2 Å². The van der Waals surface area contributed by atoms with Gasteiger partial charge in [0.15, 0.2) is 5.96 Å². The standard InChI is InChI=1S/C36H49N9O4.C2HF3O2/c37-21-9-1-2-10-22-41-36(49)45-34(38)40-23-11-16-30(32(46)42-24-26-17-19-27(20-18-26)25-43-35(39)48)44-33(47)31(28-12-5-3-6-13-28)29-14-7-4-8-15-29;3-2(4,5)1(6)7/h3-8,12-15,17-20,30-31H,1-2,9-11,16,21-25,37H2,(H,42,46)(H,44,47)(H3,39,43,48)(H4,38,40,41,45,49);(H,6,7)/t30-;/m1./s1. The first-order valence-corrected chi connectivity index (χ1v) is 17.8. The lowest BCUT2D eigenvalue weighted by atomic mass is 9.90. The third-order valence-electron chi connectivity index (χ3n) is 7.95. The lowest BCUT2D eigenvalue weighted by Crippen LogP contribution is -2.48. The molecule has 0 aliphatic carbocycles. The van der Waals surface area contributed by atoms with Gasteiger partial charge in [-0.1, -0.05) is 97.8 Å². The summed E-state index contributed by atoms with van der Waals surface area (Å²) in [6.45, 7) is 1.93. The van der Waals surface area contributed by atoms with Gasteiger partial charge in [0.25, 0.3) is 0 Å². The van der Waals surface area contributed by atoms with Gasteiger partial charge in [0.1, 0.15) is 6.04 Å². The molecule has 18 heteroatoms. The Bertz CT molecular complexity index is 1660. The molecule has 1 atom stereocenters. The van der Waals surface area contributed by atoms with Crippen molar-refractivity contribution in [3.63, 3.8) is 0 Å². The van der Waals surface area contributed by atoms with Crippen LogP contribution in [0.4, 0.5) is 22.8 Å². The molecule has 0 spiro atoms. The van der Waals surface area contributed by atoms with E-state index in [1.54, 1.807) is 0 Å². The number of alkyl halides is 3. The molecule has 0 radical (unpaired) electrons. The maximum atomic E-state index is 13.9. The molecular weight excluding hydrogens is 735 g/mol. The van der Waals surface area contributed by atoms with Crippen molar-refractivity contribution in [1.82, 2.24) is 26.6 Å². The summed E-state index contributed by atoms with van der Waals surface area (Å²) in [5.41, 5.74) is 19.9. The van der Waals surface area contributed by atoms with Crippen LogP contribution in [0.15, 0.2) is 89.9 Å². The van der Waals surface area contributed by atoms with Crippen LogP contribution in [0.25, 0.3) is 0 Å². The van der Waals surface area contributed by atoms with Crippen molar-refractivity contribution >= 4 is 35.8 Å². The summed E-state index contributed by atoms with van der Waals surface area (Å²) in [7, 11) is 0. The molecule has 0 fully saturated rings. The molecule has 15 nitrogen and oxygen atoms in total. The quantitative estimate of drug-likeness (QED) is 0.0494. The zero-order chi connectivity index (χ0) is 41.3. The lowest BCUT2D eigenvalue weighted by molar-refractivity contribution is -0.192. The second kappa shape index (κ2) is 25.0. The number of hydrogen-bond acceptors (Lipinski definition) is 7. The van der Waals surface area contributed by atoms with Gasteiger partial charge in [0.05, 0.1) is 5.92 Å². The van der Waals surface area contributed by atoms with Crippen molar-refractivity contribution in [2.75, 3.05) is 19.6 Å². The van der Waals surface area contributed by atoms with E-state index >= 15 is 0 Å². The number of benzene rings is 3. The molecule has 0 aliphatic rings. The van der Waals surface area contributed by atoms with Crippen LogP contribution in [0.1, 0.15) is 66.7 Å². The van der Waals surface area contributed by atoms with Gasteiger partial charge in [-0.15, -0.1) is 0 Å². The zero-order valence-corrected chi connectivity index (χ0v) is 30.8. The molecule has 3 rings (SSSR count). The second-order valence-electron chi connectivity index (χ2n) is 12.4. The molecule has 12 N–H and O–H groups in total. The Morgan fingerprint density at radius 3 is 1.71 bits per heavy atom. The number of urea groups is 2.